The maximum Gasteiger partial charge on any atom is 0.410 e. The second-order valence-corrected chi connectivity index (χ2v) is 11.0. The number of piperazine rings is 1. The van der Waals surface area contributed by atoms with Gasteiger partial charge in [-0.2, -0.15) is 5.26 Å². The van der Waals surface area contributed by atoms with Gasteiger partial charge in [0, 0.05) is 67.1 Å². The molecule has 1 fully saturated rings. The summed E-state index contributed by atoms with van der Waals surface area (Å²) in [5.41, 5.74) is 4.27. The number of amides is 2. The van der Waals surface area contributed by atoms with Gasteiger partial charge in [0.1, 0.15) is 11.7 Å². The van der Waals surface area contributed by atoms with Crippen LogP contribution in [0.4, 0.5) is 10.7 Å². The summed E-state index contributed by atoms with van der Waals surface area (Å²) in [6, 6.07) is 17.3. The van der Waals surface area contributed by atoms with Gasteiger partial charge < -0.3 is 24.8 Å². The second kappa shape index (κ2) is 11.7. The number of nitriles is 1. The summed E-state index contributed by atoms with van der Waals surface area (Å²) >= 11 is 0. The molecule has 0 atom stereocenters. The fraction of sp³-hybridized carbons (Fsp3) is 0.323. The number of hydrogen-bond acceptors (Lipinski definition) is 7. The van der Waals surface area contributed by atoms with Gasteiger partial charge in [-0.3, -0.25) is 4.79 Å². The zero-order valence-corrected chi connectivity index (χ0v) is 23.5. The van der Waals surface area contributed by atoms with Crippen molar-refractivity contribution in [2.45, 2.75) is 32.8 Å². The molecule has 2 amide bonds. The van der Waals surface area contributed by atoms with Crippen LogP contribution in [0.5, 0.6) is 0 Å². The van der Waals surface area contributed by atoms with Crippen LogP contribution in [0, 0.1) is 11.3 Å². The number of H-pyrrole nitrogens is 1. The van der Waals surface area contributed by atoms with Gasteiger partial charge in [-0.15, -0.1) is 0 Å². The van der Waals surface area contributed by atoms with Crippen molar-refractivity contribution >= 4 is 28.9 Å². The molecule has 3 heterocycles. The van der Waals surface area contributed by atoms with E-state index in [9.17, 15) is 14.9 Å². The third-order valence-corrected chi connectivity index (χ3v) is 6.87. The Kier molecular flexibility index (Phi) is 7.88. The Bertz CT molecular complexity index is 1590. The first-order valence-corrected chi connectivity index (χ1v) is 13.6. The summed E-state index contributed by atoms with van der Waals surface area (Å²) in [4.78, 5) is 41.1. The van der Waals surface area contributed by atoms with Crippen LogP contribution in [0.1, 0.15) is 42.3 Å². The van der Waals surface area contributed by atoms with Crippen molar-refractivity contribution in [2.75, 3.05) is 37.6 Å². The zero-order chi connectivity index (χ0) is 29.0. The SMILES string of the molecule is CC(C)(C)OC(=O)N1CCN(c2nccc(-c3ccc(C(=O)NCCc4ccc5[nH]cc(C#N)c5c4)cc3)n2)CC1. The number of carbonyl (C=O) groups excluding carboxylic acids is 2. The van der Waals surface area contributed by atoms with Crippen molar-refractivity contribution in [3.05, 3.63) is 77.6 Å². The van der Waals surface area contributed by atoms with Gasteiger partial charge in [-0.05, 0) is 63.1 Å². The molecule has 41 heavy (non-hydrogen) atoms. The number of aromatic amines is 1. The number of rotatable bonds is 6. The summed E-state index contributed by atoms with van der Waals surface area (Å²) in [5.74, 6) is 0.455. The van der Waals surface area contributed by atoms with Crippen molar-refractivity contribution in [2.24, 2.45) is 0 Å². The van der Waals surface area contributed by atoms with Crippen LogP contribution in [0.25, 0.3) is 22.2 Å². The average molecular weight is 552 g/mol. The van der Waals surface area contributed by atoms with Gasteiger partial charge >= 0.3 is 6.09 Å². The van der Waals surface area contributed by atoms with Crippen molar-refractivity contribution in [3.8, 4) is 17.3 Å². The molecule has 0 bridgehead atoms. The summed E-state index contributed by atoms with van der Waals surface area (Å²) in [7, 11) is 0. The summed E-state index contributed by atoms with van der Waals surface area (Å²) in [5, 5.41) is 13.1. The van der Waals surface area contributed by atoms with Gasteiger partial charge in [-0.1, -0.05) is 18.2 Å². The minimum atomic E-state index is -0.524. The van der Waals surface area contributed by atoms with Crippen LogP contribution in [0.2, 0.25) is 0 Å². The van der Waals surface area contributed by atoms with Crippen LogP contribution in [-0.2, 0) is 11.2 Å². The zero-order valence-electron chi connectivity index (χ0n) is 23.5. The van der Waals surface area contributed by atoms with E-state index in [0.717, 1.165) is 27.7 Å². The van der Waals surface area contributed by atoms with Crippen molar-refractivity contribution in [1.29, 1.82) is 5.26 Å². The molecular formula is C31H33N7O3. The van der Waals surface area contributed by atoms with E-state index in [1.807, 2.05) is 57.2 Å². The van der Waals surface area contributed by atoms with Crippen molar-refractivity contribution < 1.29 is 14.3 Å². The molecule has 1 aliphatic heterocycles. The Balaban J connectivity index is 1.15. The highest BCUT2D eigenvalue weighted by atomic mass is 16.6. The molecule has 2 aromatic heterocycles. The minimum absolute atomic E-state index is 0.150. The molecule has 0 unspecified atom stereocenters. The van der Waals surface area contributed by atoms with E-state index in [2.05, 4.69) is 26.3 Å². The quantitative estimate of drug-likeness (QED) is 0.361. The fourth-order valence-electron chi connectivity index (χ4n) is 4.71. The number of benzene rings is 2. The Morgan fingerprint density at radius 3 is 2.54 bits per heavy atom. The van der Waals surface area contributed by atoms with Crippen LogP contribution in [0.3, 0.4) is 0 Å². The number of carbonyl (C=O) groups is 2. The Labute approximate surface area is 239 Å². The van der Waals surface area contributed by atoms with Gasteiger partial charge in [-0.25, -0.2) is 14.8 Å². The lowest BCUT2D eigenvalue weighted by Gasteiger charge is -2.35. The normalized spacial score (nSPS) is 13.6. The van der Waals surface area contributed by atoms with Gasteiger partial charge in [0.25, 0.3) is 5.91 Å². The van der Waals surface area contributed by atoms with E-state index >= 15 is 0 Å². The summed E-state index contributed by atoms with van der Waals surface area (Å²) < 4.78 is 5.48. The third-order valence-electron chi connectivity index (χ3n) is 6.87. The molecule has 4 aromatic rings. The number of anilines is 1. The molecular weight excluding hydrogens is 518 g/mol. The van der Waals surface area contributed by atoms with Crippen molar-refractivity contribution in [1.82, 2.24) is 25.2 Å². The molecule has 0 aliphatic carbocycles. The highest BCUT2D eigenvalue weighted by Crippen LogP contribution is 2.22. The van der Waals surface area contributed by atoms with E-state index < -0.39 is 5.60 Å². The maximum absolute atomic E-state index is 12.7. The molecule has 10 heteroatoms. The molecule has 5 rings (SSSR count). The van der Waals surface area contributed by atoms with E-state index in [1.54, 1.807) is 29.4 Å². The lowest BCUT2D eigenvalue weighted by molar-refractivity contribution is 0.0240. The molecule has 2 aromatic carbocycles. The van der Waals surface area contributed by atoms with Crippen LogP contribution < -0.4 is 10.2 Å². The highest BCUT2D eigenvalue weighted by Gasteiger charge is 2.26. The average Bonchev–Trinajstić information content (AvgIpc) is 3.39. The minimum Gasteiger partial charge on any atom is -0.444 e. The number of nitrogens with one attached hydrogen (secondary N) is 2. The number of aromatic nitrogens is 3. The van der Waals surface area contributed by atoms with Crippen molar-refractivity contribution in [3.63, 3.8) is 0 Å². The largest absolute Gasteiger partial charge is 0.444 e. The monoisotopic (exact) mass is 551 g/mol. The standard InChI is InChI=1S/C31H33N7O3/c1-31(2,3)41-30(40)38-16-14-37(15-17-38)29-34-13-11-26(36-29)22-5-7-23(8-6-22)28(39)33-12-10-21-4-9-27-25(18-21)24(19-32)20-35-27/h4-9,11,13,18,20,35H,10,12,14-17H2,1-3H3,(H,33,39). The Morgan fingerprint density at radius 2 is 1.83 bits per heavy atom. The Hall–Kier alpha value is -4.91. The molecule has 0 radical (unpaired) electrons. The van der Waals surface area contributed by atoms with Gasteiger partial charge in [0.2, 0.25) is 5.95 Å². The molecule has 1 aliphatic rings. The van der Waals surface area contributed by atoms with Gasteiger partial charge in [0.15, 0.2) is 0 Å². The third kappa shape index (κ3) is 6.64. The second-order valence-electron chi connectivity index (χ2n) is 11.0. The summed E-state index contributed by atoms with van der Waals surface area (Å²) in [6.45, 7) is 8.36. The first-order chi connectivity index (χ1) is 19.7. The number of fused-ring (bicyclic) bond motifs is 1. The maximum atomic E-state index is 12.7. The molecule has 210 valence electrons. The first kappa shape index (κ1) is 27.6. The predicted octanol–water partition coefficient (Wildman–Crippen LogP) is 4.53. The topological polar surface area (TPSA) is 127 Å². The fourth-order valence-corrected chi connectivity index (χ4v) is 4.71. The lowest BCUT2D eigenvalue weighted by atomic mass is 10.1. The van der Waals surface area contributed by atoms with E-state index in [4.69, 9.17) is 9.72 Å². The molecule has 10 nitrogen and oxygen atoms in total. The lowest BCUT2D eigenvalue weighted by Crippen LogP contribution is -2.50. The predicted molar refractivity (Wildman–Crippen MR) is 157 cm³/mol. The van der Waals surface area contributed by atoms with Crippen LogP contribution in [0.15, 0.2) is 60.9 Å². The smallest absolute Gasteiger partial charge is 0.410 e. The van der Waals surface area contributed by atoms with Crippen LogP contribution in [-0.4, -0.2) is 70.2 Å². The van der Waals surface area contributed by atoms with Gasteiger partial charge in [0.05, 0.1) is 11.3 Å². The first-order valence-electron chi connectivity index (χ1n) is 13.6. The molecule has 0 saturated carbocycles. The molecule has 1 saturated heterocycles. The number of hydrogen-bond donors (Lipinski definition) is 2. The van der Waals surface area contributed by atoms with E-state index in [-0.39, 0.29) is 12.0 Å². The van der Waals surface area contributed by atoms with E-state index in [0.29, 0.717) is 56.2 Å². The molecule has 2 N–H and O–H groups in total. The van der Waals surface area contributed by atoms with Crippen LogP contribution >= 0.6 is 0 Å². The Morgan fingerprint density at radius 1 is 1.07 bits per heavy atom. The number of nitrogens with zero attached hydrogens (tertiary/aromatic N) is 5. The molecule has 0 spiro atoms. The summed E-state index contributed by atoms with van der Waals surface area (Å²) in [6.07, 6.45) is 3.79. The number of ether oxygens (including phenoxy) is 1. The van der Waals surface area contributed by atoms with E-state index in [1.165, 1.54) is 0 Å². The highest BCUT2D eigenvalue weighted by molar-refractivity contribution is 5.94.